The molecule has 2 N–H and O–H groups in total. The molecule has 0 saturated heterocycles. The molecule has 0 radical (unpaired) electrons. The number of likely N-dealkylation sites (N-methyl/N-ethyl adjacent to an activating group) is 1. The molecule has 0 heterocycles. The molecular formula is C15H32N2O2S. The maximum absolute atomic E-state index is 11.6. The van der Waals surface area contributed by atoms with Gasteiger partial charge in [0.05, 0.1) is 5.75 Å². The first-order chi connectivity index (χ1) is 9.41. The topological polar surface area (TPSA) is 63.4 Å². The van der Waals surface area contributed by atoms with Crippen LogP contribution in [0.4, 0.5) is 0 Å². The van der Waals surface area contributed by atoms with Gasteiger partial charge in [0, 0.05) is 17.3 Å². The summed E-state index contributed by atoms with van der Waals surface area (Å²) in [5, 5.41) is 0. The first-order valence-corrected chi connectivity index (χ1v) is 9.95. The van der Waals surface area contributed by atoms with Crippen LogP contribution in [-0.2, 0) is 9.84 Å². The van der Waals surface area contributed by atoms with Gasteiger partial charge in [0.15, 0.2) is 0 Å². The van der Waals surface area contributed by atoms with Gasteiger partial charge in [0.2, 0.25) is 0 Å². The summed E-state index contributed by atoms with van der Waals surface area (Å²) in [5.41, 5.74) is 6.61. The summed E-state index contributed by atoms with van der Waals surface area (Å²) in [7, 11) is -2.86. The monoisotopic (exact) mass is 304 g/mol. The number of hydrogen-bond donors (Lipinski definition) is 1. The maximum atomic E-state index is 11.6. The van der Waals surface area contributed by atoms with Gasteiger partial charge in [0.1, 0.15) is 9.84 Å². The fourth-order valence-electron chi connectivity index (χ4n) is 3.70. The largest absolute Gasteiger partial charge is 0.326 e. The lowest BCUT2D eigenvalue weighted by molar-refractivity contribution is 0.0740. The zero-order chi connectivity index (χ0) is 15.2. The highest BCUT2D eigenvalue weighted by Gasteiger charge is 2.42. The van der Waals surface area contributed by atoms with Gasteiger partial charge in [-0.15, -0.1) is 0 Å². The molecule has 5 heteroatoms. The Balaban J connectivity index is 2.64. The van der Waals surface area contributed by atoms with Gasteiger partial charge in [0.25, 0.3) is 0 Å². The lowest BCUT2D eigenvalue weighted by Gasteiger charge is -2.45. The quantitative estimate of drug-likeness (QED) is 0.709. The Morgan fingerprint density at radius 1 is 1.15 bits per heavy atom. The molecule has 120 valence electrons. The molecule has 1 unspecified atom stereocenters. The minimum absolute atomic E-state index is 0.0944. The lowest BCUT2D eigenvalue weighted by Crippen LogP contribution is -2.58. The van der Waals surface area contributed by atoms with E-state index in [0.717, 1.165) is 32.4 Å². The first kappa shape index (κ1) is 17.9. The Morgan fingerprint density at radius 2 is 1.70 bits per heavy atom. The van der Waals surface area contributed by atoms with Crippen LogP contribution >= 0.6 is 0 Å². The highest BCUT2D eigenvalue weighted by Crippen LogP contribution is 2.38. The van der Waals surface area contributed by atoms with E-state index in [4.69, 9.17) is 5.73 Å². The Labute approximate surface area is 125 Å². The van der Waals surface area contributed by atoms with Crippen molar-refractivity contribution in [2.24, 2.45) is 5.73 Å². The number of nitrogens with two attached hydrogens (primary N) is 1. The Kier molecular flexibility index (Phi) is 6.95. The average Bonchev–Trinajstić information content (AvgIpc) is 2.90. The van der Waals surface area contributed by atoms with Crippen molar-refractivity contribution in [3.8, 4) is 0 Å². The van der Waals surface area contributed by atoms with Crippen LogP contribution in [0.2, 0.25) is 0 Å². The summed E-state index contributed by atoms with van der Waals surface area (Å²) < 4.78 is 23.2. The summed E-state index contributed by atoms with van der Waals surface area (Å²) in [5.74, 6) is 0.523. The van der Waals surface area contributed by atoms with Gasteiger partial charge in [-0.05, 0) is 38.8 Å². The molecule has 1 fully saturated rings. The van der Waals surface area contributed by atoms with Crippen LogP contribution in [0.3, 0.4) is 0 Å². The fraction of sp³-hybridized carbons (Fsp3) is 1.00. The van der Waals surface area contributed by atoms with Crippen molar-refractivity contribution in [2.45, 2.75) is 70.9 Å². The first-order valence-electron chi connectivity index (χ1n) is 8.13. The van der Waals surface area contributed by atoms with Crippen LogP contribution in [0.1, 0.15) is 59.3 Å². The molecule has 1 aliphatic carbocycles. The van der Waals surface area contributed by atoms with Crippen LogP contribution in [0.25, 0.3) is 0 Å². The van der Waals surface area contributed by atoms with E-state index in [9.17, 15) is 8.42 Å². The van der Waals surface area contributed by atoms with E-state index in [2.05, 4.69) is 18.7 Å². The molecule has 20 heavy (non-hydrogen) atoms. The molecule has 0 bridgehead atoms. The van der Waals surface area contributed by atoms with E-state index in [0.29, 0.717) is 6.42 Å². The van der Waals surface area contributed by atoms with Crippen LogP contribution in [0, 0.1) is 0 Å². The Bertz CT molecular complexity index is 371. The van der Waals surface area contributed by atoms with Gasteiger partial charge in [-0.2, -0.15) is 0 Å². The Morgan fingerprint density at radius 3 is 2.15 bits per heavy atom. The zero-order valence-corrected chi connectivity index (χ0v) is 14.2. The molecule has 0 amide bonds. The van der Waals surface area contributed by atoms with E-state index >= 15 is 0 Å². The number of hydrogen-bond acceptors (Lipinski definition) is 4. The molecule has 1 aliphatic rings. The van der Waals surface area contributed by atoms with Crippen molar-refractivity contribution < 1.29 is 8.42 Å². The molecule has 0 aromatic rings. The molecule has 1 saturated carbocycles. The lowest BCUT2D eigenvalue weighted by atomic mass is 9.84. The summed E-state index contributed by atoms with van der Waals surface area (Å²) in [6.45, 7) is 8.15. The van der Waals surface area contributed by atoms with E-state index < -0.39 is 9.84 Å². The molecule has 0 spiro atoms. The summed E-state index contributed by atoms with van der Waals surface area (Å²) >= 11 is 0. The van der Waals surface area contributed by atoms with Crippen molar-refractivity contribution in [3.63, 3.8) is 0 Å². The Hall–Kier alpha value is -0.130. The van der Waals surface area contributed by atoms with Crippen molar-refractivity contribution in [1.82, 2.24) is 4.90 Å². The SMILES string of the molecule is CCN(CC)C1(C(N)CCCS(=O)(=O)CC)CCCC1. The second-order valence-electron chi connectivity index (χ2n) is 5.97. The van der Waals surface area contributed by atoms with Crippen LogP contribution in [-0.4, -0.2) is 49.5 Å². The zero-order valence-electron chi connectivity index (χ0n) is 13.4. The summed E-state index contributed by atoms with van der Waals surface area (Å²) in [4.78, 5) is 2.50. The second-order valence-corrected chi connectivity index (χ2v) is 8.44. The molecule has 1 atom stereocenters. The molecule has 0 aromatic carbocycles. The highest BCUT2D eigenvalue weighted by molar-refractivity contribution is 7.91. The van der Waals surface area contributed by atoms with Crippen LogP contribution in [0.5, 0.6) is 0 Å². The summed E-state index contributed by atoms with van der Waals surface area (Å²) in [6, 6.07) is 0.0944. The third-order valence-corrected chi connectivity index (χ3v) is 6.75. The maximum Gasteiger partial charge on any atom is 0.150 e. The predicted molar refractivity (Wildman–Crippen MR) is 85.7 cm³/mol. The van der Waals surface area contributed by atoms with E-state index in [1.165, 1.54) is 12.8 Å². The number of nitrogens with zero attached hydrogens (tertiary/aromatic N) is 1. The van der Waals surface area contributed by atoms with Crippen LogP contribution < -0.4 is 5.73 Å². The van der Waals surface area contributed by atoms with E-state index in [-0.39, 0.29) is 23.1 Å². The average molecular weight is 305 g/mol. The minimum atomic E-state index is -2.86. The number of sulfone groups is 1. The molecular weight excluding hydrogens is 272 g/mol. The number of rotatable bonds is 9. The van der Waals surface area contributed by atoms with Gasteiger partial charge >= 0.3 is 0 Å². The standard InChI is InChI=1S/C15H32N2O2S/c1-4-17(5-2)15(11-7-8-12-15)14(16)10-9-13-20(18,19)6-3/h14H,4-13,16H2,1-3H3. The van der Waals surface area contributed by atoms with Gasteiger partial charge < -0.3 is 5.73 Å². The third kappa shape index (κ3) is 4.18. The van der Waals surface area contributed by atoms with Crippen molar-refractivity contribution in [2.75, 3.05) is 24.6 Å². The van der Waals surface area contributed by atoms with Gasteiger partial charge in [-0.3, -0.25) is 4.90 Å². The third-order valence-electron chi connectivity index (χ3n) is 4.96. The van der Waals surface area contributed by atoms with Crippen molar-refractivity contribution >= 4 is 9.84 Å². The normalized spacial score (nSPS) is 20.4. The molecule has 0 aromatic heterocycles. The van der Waals surface area contributed by atoms with E-state index in [1.54, 1.807) is 6.92 Å². The molecule has 4 nitrogen and oxygen atoms in total. The molecule has 0 aliphatic heterocycles. The van der Waals surface area contributed by atoms with Gasteiger partial charge in [-0.1, -0.05) is 33.6 Å². The van der Waals surface area contributed by atoms with E-state index in [1.807, 2.05) is 0 Å². The smallest absolute Gasteiger partial charge is 0.150 e. The van der Waals surface area contributed by atoms with Crippen LogP contribution in [0.15, 0.2) is 0 Å². The van der Waals surface area contributed by atoms with Crippen molar-refractivity contribution in [1.29, 1.82) is 0 Å². The van der Waals surface area contributed by atoms with Crippen molar-refractivity contribution in [3.05, 3.63) is 0 Å². The fourth-order valence-corrected chi connectivity index (χ4v) is 4.59. The highest BCUT2D eigenvalue weighted by atomic mass is 32.2. The summed E-state index contributed by atoms with van der Waals surface area (Å²) in [6.07, 6.45) is 6.33. The minimum Gasteiger partial charge on any atom is -0.326 e. The predicted octanol–water partition coefficient (Wildman–Crippen LogP) is 2.18. The second kappa shape index (κ2) is 7.76. The van der Waals surface area contributed by atoms with Gasteiger partial charge in [-0.25, -0.2) is 8.42 Å². The molecule has 1 rings (SSSR count).